The van der Waals surface area contributed by atoms with Gasteiger partial charge in [-0.1, -0.05) is 30.4 Å². The Bertz CT molecular complexity index is 1100. The number of halogens is 3. The number of para-hydroxylation sites is 1. The van der Waals surface area contributed by atoms with Crippen molar-refractivity contribution in [1.29, 1.82) is 0 Å². The first kappa shape index (κ1) is 23.8. The number of rotatable bonds is 1. The van der Waals surface area contributed by atoms with Crippen molar-refractivity contribution in [1.82, 2.24) is 15.2 Å². The minimum Gasteiger partial charge on any atom is -0.483 e. The summed E-state index contributed by atoms with van der Waals surface area (Å²) < 4.78 is 44.5. The number of aromatic nitrogens is 1. The summed E-state index contributed by atoms with van der Waals surface area (Å²) >= 11 is 0. The summed E-state index contributed by atoms with van der Waals surface area (Å²) in [6.45, 7) is 2.08. The molecule has 2 aliphatic heterocycles. The third-order valence-electron chi connectivity index (χ3n) is 6.25. The topological polar surface area (TPSA) is 71.5 Å². The predicted octanol–water partition coefficient (Wildman–Crippen LogP) is 3.94. The molecule has 2 atom stereocenters. The molecule has 1 aromatic carbocycles. The van der Waals surface area contributed by atoms with Crippen molar-refractivity contribution in [3.8, 4) is 5.75 Å². The van der Waals surface area contributed by atoms with Crippen molar-refractivity contribution in [3.05, 3.63) is 71.1 Å². The molecule has 2 aliphatic rings. The standard InChI is InChI=1S/C25H26F3N3O3/c1-16-19(10-11-22(29-16)25(26,27)28)24(33)31-13-12-20-18(14-31)8-3-2-6-17-7-4-5-9-21(17)34-15-23(32)30-20/h2-5,7,9-11,18,20H,6,8,12-15H2,1H3,(H,30,32)/b3-2+/t18-,20+/m0/s1. The highest BCUT2D eigenvalue weighted by Crippen LogP contribution is 2.29. The Morgan fingerprint density at radius 3 is 2.74 bits per heavy atom. The van der Waals surface area contributed by atoms with Gasteiger partial charge in [-0.25, -0.2) is 4.98 Å². The number of ether oxygens (including phenoxy) is 1. The molecule has 3 heterocycles. The van der Waals surface area contributed by atoms with Gasteiger partial charge >= 0.3 is 6.18 Å². The molecule has 2 aromatic rings. The van der Waals surface area contributed by atoms with Gasteiger partial charge in [-0.15, -0.1) is 0 Å². The van der Waals surface area contributed by atoms with Gasteiger partial charge in [-0.2, -0.15) is 13.2 Å². The van der Waals surface area contributed by atoms with Gasteiger partial charge in [0.15, 0.2) is 6.61 Å². The fourth-order valence-corrected chi connectivity index (χ4v) is 4.45. The van der Waals surface area contributed by atoms with Crippen LogP contribution >= 0.6 is 0 Å². The lowest BCUT2D eigenvalue weighted by atomic mass is 9.88. The molecule has 34 heavy (non-hydrogen) atoms. The molecular weight excluding hydrogens is 447 g/mol. The summed E-state index contributed by atoms with van der Waals surface area (Å²) in [4.78, 5) is 30.9. The molecular formula is C25H26F3N3O3. The molecule has 6 nitrogen and oxygen atoms in total. The summed E-state index contributed by atoms with van der Waals surface area (Å²) in [6.07, 6.45) is 1.39. The summed E-state index contributed by atoms with van der Waals surface area (Å²) in [5, 5.41) is 3.03. The third-order valence-corrected chi connectivity index (χ3v) is 6.25. The number of piperidine rings is 1. The molecule has 0 aliphatic carbocycles. The lowest BCUT2D eigenvalue weighted by Crippen LogP contribution is -2.53. The van der Waals surface area contributed by atoms with E-state index in [-0.39, 0.29) is 41.6 Å². The largest absolute Gasteiger partial charge is 0.483 e. The van der Waals surface area contributed by atoms with Gasteiger partial charge in [-0.3, -0.25) is 9.59 Å². The van der Waals surface area contributed by atoms with E-state index in [4.69, 9.17) is 4.74 Å². The van der Waals surface area contributed by atoms with Crippen molar-refractivity contribution < 1.29 is 27.5 Å². The second-order valence-corrected chi connectivity index (χ2v) is 8.61. The van der Waals surface area contributed by atoms with Crippen molar-refractivity contribution in [2.45, 2.75) is 38.4 Å². The molecule has 180 valence electrons. The molecule has 1 saturated heterocycles. The molecule has 0 radical (unpaired) electrons. The van der Waals surface area contributed by atoms with E-state index < -0.39 is 11.9 Å². The zero-order valence-electron chi connectivity index (χ0n) is 18.8. The van der Waals surface area contributed by atoms with Gasteiger partial charge in [0.2, 0.25) is 0 Å². The zero-order valence-corrected chi connectivity index (χ0v) is 18.8. The maximum absolute atomic E-state index is 13.1. The highest BCUT2D eigenvalue weighted by Gasteiger charge is 2.35. The number of carbonyl (C=O) groups is 2. The number of amides is 2. The van der Waals surface area contributed by atoms with Crippen molar-refractivity contribution in [3.63, 3.8) is 0 Å². The van der Waals surface area contributed by atoms with Crippen LogP contribution in [0.5, 0.6) is 5.75 Å². The first-order chi connectivity index (χ1) is 16.2. The maximum Gasteiger partial charge on any atom is 0.433 e. The Hall–Kier alpha value is -3.36. The van der Waals surface area contributed by atoms with Gasteiger partial charge in [0.05, 0.1) is 11.3 Å². The number of nitrogens with one attached hydrogen (secondary N) is 1. The highest BCUT2D eigenvalue weighted by atomic mass is 19.4. The Balaban J connectivity index is 1.50. The Kier molecular flexibility index (Phi) is 6.90. The number of pyridine rings is 1. The van der Waals surface area contributed by atoms with Crippen LogP contribution in [-0.4, -0.2) is 47.4 Å². The average Bonchev–Trinajstić information content (AvgIpc) is 2.80. The van der Waals surface area contributed by atoms with E-state index >= 15 is 0 Å². The second kappa shape index (κ2) is 9.87. The second-order valence-electron chi connectivity index (χ2n) is 8.61. The molecule has 0 bridgehead atoms. The molecule has 1 N–H and O–H groups in total. The van der Waals surface area contributed by atoms with Crippen LogP contribution in [0.25, 0.3) is 0 Å². The van der Waals surface area contributed by atoms with Gasteiger partial charge < -0.3 is 15.0 Å². The van der Waals surface area contributed by atoms with Crippen LogP contribution in [0.4, 0.5) is 13.2 Å². The molecule has 0 saturated carbocycles. The number of fused-ring (bicyclic) bond motifs is 2. The van der Waals surface area contributed by atoms with Crippen LogP contribution in [0.1, 0.15) is 40.2 Å². The molecule has 1 fully saturated rings. The Labute approximate surface area is 195 Å². The first-order valence-electron chi connectivity index (χ1n) is 11.2. The Morgan fingerprint density at radius 2 is 1.97 bits per heavy atom. The summed E-state index contributed by atoms with van der Waals surface area (Å²) in [7, 11) is 0. The van der Waals surface area contributed by atoms with E-state index in [9.17, 15) is 22.8 Å². The Morgan fingerprint density at radius 1 is 1.18 bits per heavy atom. The number of hydrogen-bond acceptors (Lipinski definition) is 4. The van der Waals surface area contributed by atoms with Crippen molar-refractivity contribution in [2.24, 2.45) is 5.92 Å². The number of likely N-dealkylation sites (tertiary alicyclic amines) is 1. The molecule has 4 rings (SSSR count). The number of alkyl halides is 3. The number of aryl methyl sites for hydroxylation is 1. The van der Waals surface area contributed by atoms with E-state index in [1.54, 1.807) is 4.90 Å². The van der Waals surface area contributed by atoms with Crippen LogP contribution in [0.3, 0.4) is 0 Å². The molecule has 0 unspecified atom stereocenters. The minimum atomic E-state index is -4.56. The molecule has 9 heteroatoms. The van der Waals surface area contributed by atoms with E-state index in [1.165, 1.54) is 13.0 Å². The van der Waals surface area contributed by atoms with Gasteiger partial charge in [0.1, 0.15) is 11.4 Å². The number of nitrogens with zero attached hydrogens (tertiary/aromatic N) is 2. The van der Waals surface area contributed by atoms with Gasteiger partial charge in [0, 0.05) is 25.0 Å². The van der Waals surface area contributed by atoms with E-state index in [2.05, 4.69) is 10.3 Å². The summed E-state index contributed by atoms with van der Waals surface area (Å²) in [5.74, 6) is 0.0726. The smallest absolute Gasteiger partial charge is 0.433 e. The monoisotopic (exact) mass is 473 g/mol. The number of benzene rings is 1. The van der Waals surface area contributed by atoms with Crippen LogP contribution in [0, 0.1) is 12.8 Å². The summed E-state index contributed by atoms with van der Waals surface area (Å²) in [6, 6.07) is 9.47. The quantitative estimate of drug-likeness (QED) is 0.637. The van der Waals surface area contributed by atoms with E-state index in [1.807, 2.05) is 36.4 Å². The highest BCUT2D eigenvalue weighted by molar-refractivity contribution is 5.95. The number of carbonyl (C=O) groups excluding carboxylic acids is 2. The molecule has 2 amide bonds. The number of allylic oxidation sites excluding steroid dienone is 2. The fraction of sp³-hybridized carbons (Fsp3) is 0.400. The van der Waals surface area contributed by atoms with Gasteiger partial charge in [-0.05, 0) is 49.9 Å². The van der Waals surface area contributed by atoms with Gasteiger partial charge in [0.25, 0.3) is 11.8 Å². The third kappa shape index (κ3) is 5.40. The maximum atomic E-state index is 13.1. The summed E-state index contributed by atoms with van der Waals surface area (Å²) in [5.41, 5.74) is 0.166. The number of hydrogen-bond donors (Lipinski definition) is 1. The van der Waals surface area contributed by atoms with Crippen LogP contribution in [0.2, 0.25) is 0 Å². The van der Waals surface area contributed by atoms with Crippen LogP contribution in [0.15, 0.2) is 48.6 Å². The average molecular weight is 473 g/mol. The minimum absolute atomic E-state index is 0.0321. The van der Waals surface area contributed by atoms with E-state index in [0.717, 1.165) is 11.6 Å². The van der Waals surface area contributed by atoms with Crippen LogP contribution < -0.4 is 10.1 Å². The first-order valence-corrected chi connectivity index (χ1v) is 11.2. The lowest BCUT2D eigenvalue weighted by molar-refractivity contribution is -0.141. The SMILES string of the molecule is Cc1nc(C(F)(F)F)ccc1C(=O)N1CC[C@H]2NC(=O)COc3ccccc3C/C=C/C[C@H]2C1. The molecule has 0 spiro atoms. The normalized spacial score (nSPS) is 22.2. The molecule has 1 aromatic heterocycles. The van der Waals surface area contributed by atoms with E-state index in [0.29, 0.717) is 38.1 Å². The lowest BCUT2D eigenvalue weighted by Gasteiger charge is -2.39. The predicted molar refractivity (Wildman–Crippen MR) is 119 cm³/mol. The fourth-order valence-electron chi connectivity index (χ4n) is 4.45. The zero-order chi connectivity index (χ0) is 24.3. The van der Waals surface area contributed by atoms with Crippen LogP contribution in [-0.2, 0) is 17.4 Å². The van der Waals surface area contributed by atoms with Crippen molar-refractivity contribution >= 4 is 11.8 Å². The van der Waals surface area contributed by atoms with Crippen molar-refractivity contribution in [2.75, 3.05) is 19.7 Å².